The molecule has 0 heterocycles. The number of hydrogen-bond donors (Lipinski definition) is 0. The number of rotatable bonds is 14. The summed E-state index contributed by atoms with van der Waals surface area (Å²) in [5.41, 5.74) is 0. The van der Waals surface area contributed by atoms with Crippen molar-refractivity contribution in [3.63, 3.8) is 0 Å². The van der Waals surface area contributed by atoms with Crippen LogP contribution in [-0.2, 0) is 4.79 Å². The maximum absolute atomic E-state index is 11.0. The van der Waals surface area contributed by atoms with Gasteiger partial charge in [-0.25, -0.2) is 0 Å². The third kappa shape index (κ3) is 13.9. The first-order valence-electron chi connectivity index (χ1n) is 8.70. The van der Waals surface area contributed by atoms with E-state index in [1.807, 2.05) is 0 Å². The van der Waals surface area contributed by atoms with Crippen LogP contribution in [0.3, 0.4) is 0 Å². The summed E-state index contributed by atoms with van der Waals surface area (Å²) in [7, 11) is 0. The zero-order chi connectivity index (χ0) is 14.3. The highest BCUT2D eigenvalue weighted by molar-refractivity contribution is 5.75. The summed E-state index contributed by atoms with van der Waals surface area (Å²) < 4.78 is 0. The maximum atomic E-state index is 11.0. The van der Waals surface area contributed by atoms with Gasteiger partial charge in [-0.05, 0) is 19.3 Å². The Labute approximate surface area is 121 Å². The number of hydrogen-bond acceptors (Lipinski definition) is 1. The van der Waals surface area contributed by atoms with Gasteiger partial charge in [0.1, 0.15) is 5.78 Å². The van der Waals surface area contributed by atoms with Gasteiger partial charge in [-0.1, -0.05) is 84.5 Å². The third-order valence-corrected chi connectivity index (χ3v) is 4.20. The van der Waals surface area contributed by atoms with Crippen molar-refractivity contribution in [2.45, 2.75) is 104 Å². The van der Waals surface area contributed by atoms with Gasteiger partial charge in [0.2, 0.25) is 0 Å². The van der Waals surface area contributed by atoms with Crippen molar-refractivity contribution in [3.05, 3.63) is 0 Å². The van der Waals surface area contributed by atoms with E-state index in [4.69, 9.17) is 0 Å². The molecule has 0 fully saturated rings. The van der Waals surface area contributed by atoms with Crippen LogP contribution >= 0.6 is 0 Å². The lowest BCUT2D eigenvalue weighted by Gasteiger charge is -2.13. The van der Waals surface area contributed by atoms with Crippen LogP contribution in [0.1, 0.15) is 104 Å². The molecule has 0 spiro atoms. The van der Waals surface area contributed by atoms with E-state index >= 15 is 0 Å². The van der Waals surface area contributed by atoms with E-state index in [-0.39, 0.29) is 0 Å². The highest BCUT2D eigenvalue weighted by Gasteiger charge is 2.07. The normalized spacial score (nSPS) is 12.6. The topological polar surface area (TPSA) is 17.1 Å². The fourth-order valence-electron chi connectivity index (χ4n) is 2.70. The second kappa shape index (κ2) is 14.1. The summed E-state index contributed by atoms with van der Waals surface area (Å²) in [5.74, 6) is 1.14. The van der Waals surface area contributed by atoms with Gasteiger partial charge in [-0.15, -0.1) is 0 Å². The lowest BCUT2D eigenvalue weighted by molar-refractivity contribution is -0.117. The summed E-state index contributed by atoms with van der Waals surface area (Å²) in [6.07, 6.45) is 17.1. The maximum Gasteiger partial charge on any atom is 0.129 e. The highest BCUT2D eigenvalue weighted by atomic mass is 16.1. The highest BCUT2D eigenvalue weighted by Crippen LogP contribution is 2.20. The number of carbonyl (C=O) groups is 1. The third-order valence-electron chi connectivity index (χ3n) is 4.20. The van der Waals surface area contributed by atoms with Crippen LogP contribution in [0.4, 0.5) is 0 Å². The molecule has 0 N–H and O–H groups in total. The Morgan fingerprint density at radius 1 is 0.789 bits per heavy atom. The minimum absolute atomic E-state index is 0.352. The molecule has 19 heavy (non-hydrogen) atoms. The molecule has 0 rings (SSSR count). The van der Waals surface area contributed by atoms with E-state index in [0.29, 0.717) is 5.78 Å². The van der Waals surface area contributed by atoms with Crippen molar-refractivity contribution in [2.75, 3.05) is 0 Å². The van der Waals surface area contributed by atoms with Crippen molar-refractivity contribution in [1.29, 1.82) is 0 Å². The van der Waals surface area contributed by atoms with Crippen molar-refractivity contribution in [2.24, 2.45) is 5.92 Å². The van der Waals surface area contributed by atoms with Crippen LogP contribution in [0, 0.1) is 5.92 Å². The molecular formula is C18H36O. The van der Waals surface area contributed by atoms with Gasteiger partial charge in [-0.2, -0.15) is 0 Å². The Hall–Kier alpha value is -0.330. The fraction of sp³-hybridized carbons (Fsp3) is 0.944. The van der Waals surface area contributed by atoms with Crippen molar-refractivity contribution >= 4 is 5.78 Å². The molecule has 0 saturated heterocycles. The van der Waals surface area contributed by atoms with E-state index in [0.717, 1.165) is 18.8 Å². The van der Waals surface area contributed by atoms with Gasteiger partial charge in [0.25, 0.3) is 0 Å². The molecule has 0 aliphatic heterocycles. The Kier molecular flexibility index (Phi) is 13.8. The smallest absolute Gasteiger partial charge is 0.129 e. The summed E-state index contributed by atoms with van der Waals surface area (Å²) in [6.45, 7) is 6.25. The Bertz CT molecular complexity index is 198. The Morgan fingerprint density at radius 3 is 1.79 bits per heavy atom. The largest absolute Gasteiger partial charge is 0.300 e. The first-order valence-corrected chi connectivity index (χ1v) is 8.70. The number of Topliss-reactive ketones (excluding diaryl/α,β-unsaturated/α-hetero) is 1. The molecule has 0 aromatic heterocycles. The Balaban J connectivity index is 3.28. The lowest BCUT2D eigenvalue weighted by Crippen LogP contribution is -2.02. The standard InChI is InChI=1S/C18H36O/c1-4-6-7-8-9-10-11-12-13-14-18(5-2)16-15-17(3)19/h18H,4-16H2,1-3H3. The van der Waals surface area contributed by atoms with Gasteiger partial charge in [-0.3, -0.25) is 0 Å². The summed E-state index contributed by atoms with van der Waals surface area (Å²) in [5, 5.41) is 0. The van der Waals surface area contributed by atoms with E-state index < -0.39 is 0 Å². The zero-order valence-corrected chi connectivity index (χ0v) is 13.7. The van der Waals surface area contributed by atoms with E-state index in [2.05, 4.69) is 13.8 Å². The first-order chi connectivity index (χ1) is 9.20. The van der Waals surface area contributed by atoms with Crippen LogP contribution in [0.25, 0.3) is 0 Å². The van der Waals surface area contributed by atoms with Gasteiger partial charge in [0.15, 0.2) is 0 Å². The average molecular weight is 268 g/mol. The van der Waals surface area contributed by atoms with E-state index in [9.17, 15) is 4.79 Å². The SMILES string of the molecule is CCCCCCCCCCCC(CC)CCC(C)=O. The minimum atomic E-state index is 0.352. The summed E-state index contributed by atoms with van der Waals surface area (Å²) >= 11 is 0. The molecule has 0 amide bonds. The minimum Gasteiger partial charge on any atom is -0.300 e. The molecule has 1 nitrogen and oxygen atoms in total. The summed E-state index contributed by atoms with van der Waals surface area (Å²) in [4.78, 5) is 11.0. The predicted molar refractivity (Wildman–Crippen MR) is 85.5 cm³/mol. The Morgan fingerprint density at radius 2 is 1.32 bits per heavy atom. The monoisotopic (exact) mass is 268 g/mol. The van der Waals surface area contributed by atoms with Crippen molar-refractivity contribution in [3.8, 4) is 0 Å². The first kappa shape index (κ1) is 18.7. The summed E-state index contributed by atoms with van der Waals surface area (Å²) in [6, 6.07) is 0. The zero-order valence-electron chi connectivity index (χ0n) is 13.7. The molecule has 1 heteroatoms. The van der Waals surface area contributed by atoms with Gasteiger partial charge < -0.3 is 4.79 Å². The molecule has 0 aliphatic carbocycles. The predicted octanol–water partition coefficient (Wildman–Crippen LogP) is 6.30. The molecule has 0 aromatic carbocycles. The molecule has 114 valence electrons. The fourth-order valence-corrected chi connectivity index (χ4v) is 2.70. The van der Waals surface area contributed by atoms with Crippen LogP contribution in [-0.4, -0.2) is 5.78 Å². The molecule has 0 saturated carbocycles. The molecule has 0 bridgehead atoms. The lowest BCUT2D eigenvalue weighted by atomic mass is 9.93. The molecule has 0 radical (unpaired) electrons. The van der Waals surface area contributed by atoms with Gasteiger partial charge in [0.05, 0.1) is 0 Å². The van der Waals surface area contributed by atoms with Crippen LogP contribution in [0.15, 0.2) is 0 Å². The second-order valence-electron chi connectivity index (χ2n) is 6.13. The van der Waals surface area contributed by atoms with Crippen LogP contribution < -0.4 is 0 Å². The van der Waals surface area contributed by atoms with Gasteiger partial charge >= 0.3 is 0 Å². The second-order valence-corrected chi connectivity index (χ2v) is 6.13. The molecule has 0 aromatic rings. The van der Waals surface area contributed by atoms with Crippen molar-refractivity contribution in [1.82, 2.24) is 0 Å². The quantitative estimate of drug-likeness (QED) is 0.338. The number of ketones is 1. The van der Waals surface area contributed by atoms with Crippen LogP contribution in [0.5, 0.6) is 0 Å². The molecular weight excluding hydrogens is 232 g/mol. The van der Waals surface area contributed by atoms with Gasteiger partial charge in [0, 0.05) is 6.42 Å². The molecule has 0 aliphatic rings. The van der Waals surface area contributed by atoms with E-state index in [1.165, 1.54) is 70.6 Å². The van der Waals surface area contributed by atoms with Crippen LogP contribution in [0.2, 0.25) is 0 Å². The molecule has 1 unspecified atom stereocenters. The molecule has 1 atom stereocenters. The number of carbonyl (C=O) groups excluding carboxylic acids is 1. The number of unbranched alkanes of at least 4 members (excludes halogenated alkanes) is 8. The average Bonchev–Trinajstić information content (AvgIpc) is 2.40. The van der Waals surface area contributed by atoms with Crippen molar-refractivity contribution < 1.29 is 4.79 Å². The van der Waals surface area contributed by atoms with E-state index in [1.54, 1.807) is 6.92 Å².